The Morgan fingerprint density at radius 1 is 1.18 bits per heavy atom. The van der Waals surface area contributed by atoms with Crippen molar-refractivity contribution < 1.29 is 29.0 Å². The van der Waals surface area contributed by atoms with Crippen LogP contribution in [0.5, 0.6) is 0 Å². The highest BCUT2D eigenvalue weighted by Crippen LogP contribution is 2.28. The number of nitrogens with zero attached hydrogens (tertiary/aromatic N) is 2. The molecule has 1 saturated heterocycles. The minimum Gasteiger partial charge on any atom is -0.480 e. The summed E-state index contributed by atoms with van der Waals surface area (Å²) in [6.07, 6.45) is 3.33. The lowest BCUT2D eigenvalue weighted by molar-refractivity contribution is -0.142. The maximum atomic E-state index is 13.3. The van der Waals surface area contributed by atoms with Gasteiger partial charge in [0, 0.05) is 39.6 Å². The van der Waals surface area contributed by atoms with Crippen LogP contribution in [0.2, 0.25) is 0 Å². The molecule has 5 atom stereocenters. The summed E-state index contributed by atoms with van der Waals surface area (Å²) in [6, 6.07) is -0.259. The Morgan fingerprint density at radius 3 is 2.35 bits per heavy atom. The van der Waals surface area contributed by atoms with Crippen LogP contribution in [0.15, 0.2) is 0 Å². The van der Waals surface area contributed by atoms with E-state index in [-0.39, 0.29) is 35.7 Å². The zero-order chi connectivity index (χ0) is 26.0. The Kier molecular flexibility index (Phi) is 12.6. The normalized spacial score (nSPS) is 19.4. The molecule has 1 heterocycles. The van der Waals surface area contributed by atoms with Gasteiger partial charge in [0.05, 0.1) is 18.1 Å². The molecule has 1 aliphatic heterocycles. The zero-order valence-corrected chi connectivity index (χ0v) is 22.0. The molecule has 0 radical (unpaired) electrons. The van der Waals surface area contributed by atoms with E-state index in [1.54, 1.807) is 11.8 Å². The highest BCUT2D eigenvalue weighted by molar-refractivity contribution is 5.83. The Bertz CT molecular complexity index is 698. The molecule has 1 rings (SSSR count). The van der Waals surface area contributed by atoms with Crippen molar-refractivity contribution in [3.8, 4) is 0 Å². The Labute approximate surface area is 204 Å². The van der Waals surface area contributed by atoms with Crippen molar-refractivity contribution in [3.63, 3.8) is 0 Å². The number of hydrogen-bond acceptors (Lipinski definition) is 5. The van der Waals surface area contributed by atoms with Gasteiger partial charge in [-0.2, -0.15) is 0 Å². The van der Waals surface area contributed by atoms with E-state index in [9.17, 15) is 19.2 Å². The molecule has 0 aromatic carbocycles. The number of hydrogen-bond donors (Lipinski definition) is 2. The summed E-state index contributed by atoms with van der Waals surface area (Å²) in [5.41, 5.74) is 0. The molecule has 3 amide bonds. The van der Waals surface area contributed by atoms with Gasteiger partial charge in [0.2, 0.25) is 17.7 Å². The fourth-order valence-corrected chi connectivity index (χ4v) is 4.84. The van der Waals surface area contributed by atoms with E-state index in [4.69, 9.17) is 9.84 Å². The average molecular weight is 484 g/mol. The molecule has 2 N–H and O–H groups in total. The second-order valence-corrected chi connectivity index (χ2v) is 9.99. The first-order chi connectivity index (χ1) is 15.9. The molecule has 5 unspecified atom stereocenters. The van der Waals surface area contributed by atoms with Crippen molar-refractivity contribution in [1.82, 2.24) is 15.1 Å². The second-order valence-electron chi connectivity index (χ2n) is 9.99. The van der Waals surface area contributed by atoms with Gasteiger partial charge in [-0.15, -0.1) is 0 Å². The lowest BCUT2D eigenvalue weighted by atomic mass is 9.92. The molecular weight excluding hydrogens is 438 g/mol. The number of carboxylic acids is 1. The minimum atomic E-state index is -1.11. The lowest BCUT2D eigenvalue weighted by Gasteiger charge is -2.36. The summed E-state index contributed by atoms with van der Waals surface area (Å²) in [5, 5.41) is 11.2. The monoisotopic (exact) mass is 483 g/mol. The number of amides is 3. The summed E-state index contributed by atoms with van der Waals surface area (Å²) in [5.74, 6) is -1.47. The number of rotatable bonds is 14. The van der Waals surface area contributed by atoms with Gasteiger partial charge in [-0.05, 0) is 31.1 Å². The van der Waals surface area contributed by atoms with Crippen LogP contribution in [0.3, 0.4) is 0 Å². The maximum absolute atomic E-state index is 13.3. The van der Waals surface area contributed by atoms with Gasteiger partial charge in [-0.25, -0.2) is 0 Å². The van der Waals surface area contributed by atoms with Crippen molar-refractivity contribution in [2.24, 2.45) is 17.8 Å². The standard InChI is InChI=1S/C25H45N3O6/c1-8-17(4)19(27(6)22(30)14-16(2)3)11-12-21(29)28-13-9-10-20(28)24(34-7)18(5)25(33)26-15-23(31)32/h16-20,24H,8-15H2,1-7H3,(H,26,33)(H,31,32). The molecule has 0 spiro atoms. The number of methoxy groups -OCH3 is 1. The SMILES string of the molecule is CCC(C)C(CCC(=O)N1CCCC1C(OC)C(C)C(=O)NCC(=O)O)N(C)C(=O)CC(C)C. The molecule has 9 nitrogen and oxygen atoms in total. The van der Waals surface area contributed by atoms with Crippen LogP contribution in [0, 0.1) is 17.8 Å². The average Bonchev–Trinajstić information content (AvgIpc) is 3.26. The van der Waals surface area contributed by atoms with Crippen molar-refractivity contribution in [2.75, 3.05) is 27.2 Å². The fourth-order valence-electron chi connectivity index (χ4n) is 4.84. The number of carbonyl (C=O) groups is 4. The predicted octanol–water partition coefficient (Wildman–Crippen LogP) is 2.53. The molecule has 196 valence electrons. The highest BCUT2D eigenvalue weighted by atomic mass is 16.5. The summed E-state index contributed by atoms with van der Waals surface area (Å²) in [7, 11) is 3.35. The molecule has 0 bridgehead atoms. The number of nitrogens with one attached hydrogen (secondary N) is 1. The quantitative estimate of drug-likeness (QED) is 0.392. The van der Waals surface area contributed by atoms with E-state index in [1.807, 2.05) is 25.8 Å². The van der Waals surface area contributed by atoms with Gasteiger partial charge in [0.25, 0.3) is 0 Å². The van der Waals surface area contributed by atoms with Crippen molar-refractivity contribution >= 4 is 23.7 Å². The first-order valence-corrected chi connectivity index (χ1v) is 12.5. The summed E-state index contributed by atoms with van der Waals surface area (Å²) in [6.45, 7) is 10.1. The third-order valence-corrected chi connectivity index (χ3v) is 7.02. The van der Waals surface area contributed by atoms with Gasteiger partial charge in [-0.3, -0.25) is 19.2 Å². The van der Waals surface area contributed by atoms with Crippen LogP contribution < -0.4 is 5.32 Å². The molecule has 9 heteroatoms. The van der Waals surface area contributed by atoms with Crippen LogP contribution in [0.25, 0.3) is 0 Å². The number of carboxylic acid groups (broad SMARTS) is 1. The fraction of sp³-hybridized carbons (Fsp3) is 0.840. The number of likely N-dealkylation sites (tertiary alicyclic amines) is 1. The topological polar surface area (TPSA) is 116 Å². The number of ether oxygens (including phenoxy) is 1. The molecule has 1 aliphatic rings. The van der Waals surface area contributed by atoms with Crippen molar-refractivity contribution in [1.29, 1.82) is 0 Å². The highest BCUT2D eigenvalue weighted by Gasteiger charge is 2.40. The van der Waals surface area contributed by atoms with Crippen molar-refractivity contribution in [2.45, 2.75) is 91.3 Å². The third kappa shape index (κ3) is 8.56. The van der Waals surface area contributed by atoms with Crippen LogP contribution >= 0.6 is 0 Å². The van der Waals surface area contributed by atoms with Crippen LogP contribution in [0.1, 0.15) is 73.1 Å². The number of carbonyl (C=O) groups excluding carboxylic acids is 3. The second kappa shape index (κ2) is 14.3. The first kappa shape index (κ1) is 29.9. The van der Waals surface area contributed by atoms with Gasteiger partial charge in [-0.1, -0.05) is 41.0 Å². The van der Waals surface area contributed by atoms with E-state index in [1.165, 1.54) is 7.11 Å². The van der Waals surface area contributed by atoms with Gasteiger partial charge >= 0.3 is 5.97 Å². The van der Waals surface area contributed by atoms with E-state index in [0.717, 1.165) is 19.3 Å². The number of aliphatic carboxylic acids is 1. The maximum Gasteiger partial charge on any atom is 0.322 e. The molecular formula is C25H45N3O6. The summed E-state index contributed by atoms with van der Waals surface area (Å²) >= 11 is 0. The van der Waals surface area contributed by atoms with E-state index < -0.39 is 30.4 Å². The molecule has 0 aliphatic carbocycles. The minimum absolute atomic E-state index is 0.000653. The molecule has 0 aromatic rings. The lowest BCUT2D eigenvalue weighted by Crippen LogP contribution is -2.50. The van der Waals surface area contributed by atoms with Crippen molar-refractivity contribution in [3.05, 3.63) is 0 Å². The largest absolute Gasteiger partial charge is 0.480 e. The van der Waals surface area contributed by atoms with Gasteiger partial charge in [0.1, 0.15) is 6.54 Å². The van der Waals surface area contributed by atoms with E-state index in [2.05, 4.69) is 19.2 Å². The van der Waals surface area contributed by atoms with Crippen LogP contribution in [-0.2, 0) is 23.9 Å². The Hall–Kier alpha value is -2.16. The molecule has 34 heavy (non-hydrogen) atoms. The smallest absolute Gasteiger partial charge is 0.322 e. The third-order valence-electron chi connectivity index (χ3n) is 7.02. The van der Waals surface area contributed by atoms with E-state index in [0.29, 0.717) is 25.8 Å². The van der Waals surface area contributed by atoms with Crippen LogP contribution in [-0.4, -0.2) is 84.0 Å². The Balaban J connectivity index is 2.86. The molecule has 1 fully saturated rings. The zero-order valence-electron chi connectivity index (χ0n) is 22.0. The summed E-state index contributed by atoms with van der Waals surface area (Å²) < 4.78 is 5.64. The Morgan fingerprint density at radius 2 is 1.82 bits per heavy atom. The van der Waals surface area contributed by atoms with Crippen LogP contribution in [0.4, 0.5) is 0 Å². The summed E-state index contributed by atoms with van der Waals surface area (Å²) in [4.78, 5) is 52.8. The van der Waals surface area contributed by atoms with Gasteiger partial charge < -0.3 is 25.0 Å². The van der Waals surface area contributed by atoms with E-state index >= 15 is 0 Å². The van der Waals surface area contributed by atoms with Gasteiger partial charge in [0.15, 0.2) is 0 Å². The first-order valence-electron chi connectivity index (χ1n) is 12.5. The predicted molar refractivity (Wildman–Crippen MR) is 130 cm³/mol. The molecule has 0 saturated carbocycles. The molecule has 0 aromatic heterocycles.